The van der Waals surface area contributed by atoms with E-state index >= 15 is 0 Å². The minimum atomic E-state index is -0.817. The largest absolute Gasteiger partial charge is 0.381 e. The Kier molecular flexibility index (Phi) is 5.13. The molecule has 5 rings (SSSR count). The number of morpholine rings is 1. The first-order valence-electron chi connectivity index (χ1n) is 9.45. The highest BCUT2D eigenvalue weighted by molar-refractivity contribution is 7.23. The van der Waals surface area contributed by atoms with E-state index in [1.54, 1.807) is 23.6 Å². The predicted molar refractivity (Wildman–Crippen MR) is 113 cm³/mol. The maximum Gasteiger partial charge on any atom is 0.127 e. The first-order chi connectivity index (χ1) is 14.2. The Morgan fingerprint density at radius 1 is 1.17 bits per heavy atom. The molecule has 1 saturated heterocycles. The van der Waals surface area contributed by atoms with E-state index < -0.39 is 6.10 Å². The second-order valence-electron chi connectivity index (χ2n) is 6.93. The topological polar surface area (TPSA) is 71.4 Å². The Labute approximate surface area is 175 Å². The van der Waals surface area contributed by atoms with Crippen LogP contribution in [0, 0.1) is 0 Å². The quantitative estimate of drug-likeness (QED) is 0.671. The van der Waals surface area contributed by atoms with Crippen molar-refractivity contribution in [2.24, 2.45) is 0 Å². The molecule has 9 heteroatoms. The van der Waals surface area contributed by atoms with E-state index in [1.807, 2.05) is 11.4 Å². The summed E-state index contributed by atoms with van der Waals surface area (Å²) in [5, 5.41) is 14.2. The average Bonchev–Trinajstić information content (AvgIpc) is 3.44. The van der Waals surface area contributed by atoms with Gasteiger partial charge in [0.1, 0.15) is 23.3 Å². The van der Waals surface area contributed by atoms with Crippen LogP contribution in [0.5, 0.6) is 0 Å². The van der Waals surface area contributed by atoms with Crippen LogP contribution in [0.2, 0.25) is 0 Å². The molecule has 1 fully saturated rings. The third-order valence-electron chi connectivity index (χ3n) is 5.17. The van der Waals surface area contributed by atoms with E-state index in [-0.39, 0.29) is 12.2 Å². The van der Waals surface area contributed by atoms with Gasteiger partial charge < -0.3 is 14.7 Å². The zero-order valence-corrected chi connectivity index (χ0v) is 17.2. The number of allylic oxidation sites excluding steroid dienone is 3. The molecule has 0 saturated carbocycles. The van der Waals surface area contributed by atoms with Crippen molar-refractivity contribution in [2.75, 3.05) is 31.2 Å². The fraction of sp³-hybridized carbons (Fsp3) is 0.350. The summed E-state index contributed by atoms with van der Waals surface area (Å²) in [7, 11) is 0. The fourth-order valence-corrected chi connectivity index (χ4v) is 5.47. The minimum absolute atomic E-state index is 0.207. The predicted octanol–water partition coefficient (Wildman–Crippen LogP) is 4.12. The monoisotopic (exact) mass is 430 g/mol. The van der Waals surface area contributed by atoms with Crippen molar-refractivity contribution in [3.8, 4) is 0 Å². The minimum Gasteiger partial charge on any atom is -0.381 e. The third-order valence-corrected chi connectivity index (χ3v) is 7.19. The van der Waals surface area contributed by atoms with Crippen LogP contribution in [0.1, 0.15) is 29.6 Å². The maximum absolute atomic E-state index is 14.9. The molecule has 1 unspecified atom stereocenters. The molecule has 6 nitrogen and oxygen atoms in total. The standard InChI is InChI=1S/C20H19FN4O2S2/c21-14-2-1-12(18(26)20-22-3-8-28-20)9-13(14)17-19-15(23-11-24-17)10-16(29-19)25-4-6-27-7-5-25/h3,8-11,18,26H,1-2,4-7H2. The number of hydrogen-bond acceptors (Lipinski definition) is 8. The van der Waals surface area contributed by atoms with Crippen LogP contribution in [-0.4, -0.2) is 46.4 Å². The molecular formula is C20H19FN4O2S2. The summed E-state index contributed by atoms with van der Waals surface area (Å²) < 4.78 is 21.2. The van der Waals surface area contributed by atoms with Gasteiger partial charge in [0, 0.05) is 36.7 Å². The van der Waals surface area contributed by atoms with Gasteiger partial charge in [0.05, 0.1) is 34.1 Å². The summed E-state index contributed by atoms with van der Waals surface area (Å²) in [5.74, 6) is -0.207. The lowest BCUT2D eigenvalue weighted by atomic mass is 9.93. The van der Waals surface area contributed by atoms with Crippen molar-refractivity contribution in [3.05, 3.63) is 52.1 Å². The van der Waals surface area contributed by atoms with E-state index in [0.717, 1.165) is 33.9 Å². The maximum atomic E-state index is 14.9. The fourth-order valence-electron chi connectivity index (χ4n) is 3.64. The van der Waals surface area contributed by atoms with Crippen molar-refractivity contribution < 1.29 is 14.2 Å². The normalized spacial score (nSPS) is 19.0. The van der Waals surface area contributed by atoms with Crippen LogP contribution in [0.15, 0.2) is 41.4 Å². The van der Waals surface area contributed by atoms with E-state index in [4.69, 9.17) is 4.74 Å². The van der Waals surface area contributed by atoms with Crippen molar-refractivity contribution in [3.63, 3.8) is 0 Å². The number of rotatable bonds is 4. The van der Waals surface area contributed by atoms with Gasteiger partial charge in [-0.3, -0.25) is 0 Å². The number of aromatic nitrogens is 3. The SMILES string of the molecule is OC(C1=CC(c2ncnc3cc(N4CCOCC4)sc23)=C(F)CC1)c1nccs1. The number of anilines is 1. The van der Waals surface area contributed by atoms with Gasteiger partial charge in [-0.25, -0.2) is 19.3 Å². The van der Waals surface area contributed by atoms with Crippen molar-refractivity contribution in [2.45, 2.75) is 18.9 Å². The summed E-state index contributed by atoms with van der Waals surface area (Å²) in [6.45, 7) is 3.06. The van der Waals surface area contributed by atoms with Crippen LogP contribution in [0.3, 0.4) is 0 Å². The number of hydrogen-bond donors (Lipinski definition) is 1. The lowest BCUT2D eigenvalue weighted by molar-refractivity contribution is 0.123. The van der Waals surface area contributed by atoms with Gasteiger partial charge in [-0.15, -0.1) is 22.7 Å². The zero-order valence-electron chi connectivity index (χ0n) is 15.5. The molecule has 150 valence electrons. The number of aliphatic hydroxyl groups excluding tert-OH is 1. The van der Waals surface area contributed by atoms with Gasteiger partial charge in [-0.05, 0) is 24.1 Å². The van der Waals surface area contributed by atoms with Gasteiger partial charge in [-0.1, -0.05) is 0 Å². The van der Waals surface area contributed by atoms with Crippen LogP contribution < -0.4 is 4.90 Å². The summed E-state index contributed by atoms with van der Waals surface area (Å²) >= 11 is 2.97. The van der Waals surface area contributed by atoms with Crippen molar-refractivity contribution >= 4 is 43.5 Å². The van der Waals surface area contributed by atoms with Crippen molar-refractivity contribution in [1.29, 1.82) is 0 Å². The number of fused-ring (bicyclic) bond motifs is 1. The van der Waals surface area contributed by atoms with Crippen LogP contribution in [0.4, 0.5) is 9.39 Å². The first-order valence-corrected chi connectivity index (χ1v) is 11.1. The van der Waals surface area contributed by atoms with E-state index in [0.29, 0.717) is 35.9 Å². The van der Waals surface area contributed by atoms with Gasteiger partial charge in [0.2, 0.25) is 0 Å². The Hall–Kier alpha value is -2.20. The number of thiazole rings is 1. The summed E-state index contributed by atoms with van der Waals surface area (Å²) in [5.41, 5.74) is 2.58. The van der Waals surface area contributed by atoms with E-state index in [9.17, 15) is 9.50 Å². The number of nitrogens with zero attached hydrogens (tertiary/aromatic N) is 4. The summed E-state index contributed by atoms with van der Waals surface area (Å²) in [6.07, 6.45) is 4.78. The Balaban J connectivity index is 1.54. The lowest BCUT2D eigenvalue weighted by Gasteiger charge is -2.27. The molecule has 1 aliphatic carbocycles. The molecule has 0 amide bonds. The number of thiophene rings is 1. The van der Waals surface area contributed by atoms with Gasteiger partial charge >= 0.3 is 0 Å². The highest BCUT2D eigenvalue weighted by Crippen LogP contribution is 2.41. The molecule has 1 aliphatic heterocycles. The molecule has 1 N–H and O–H groups in total. The zero-order chi connectivity index (χ0) is 19.8. The molecule has 0 radical (unpaired) electrons. The second kappa shape index (κ2) is 7.91. The molecule has 3 aromatic rings. The van der Waals surface area contributed by atoms with Gasteiger partial charge in [0.15, 0.2) is 0 Å². The smallest absolute Gasteiger partial charge is 0.127 e. The molecule has 0 spiro atoms. The average molecular weight is 431 g/mol. The highest BCUT2D eigenvalue weighted by Gasteiger charge is 2.25. The van der Waals surface area contributed by atoms with Crippen LogP contribution >= 0.6 is 22.7 Å². The second-order valence-corrected chi connectivity index (χ2v) is 8.89. The van der Waals surface area contributed by atoms with Crippen LogP contribution in [0.25, 0.3) is 15.8 Å². The molecule has 4 heterocycles. The van der Waals surface area contributed by atoms with E-state index in [1.165, 1.54) is 17.7 Å². The molecule has 3 aromatic heterocycles. The summed E-state index contributed by atoms with van der Waals surface area (Å²) in [6, 6.07) is 2.03. The van der Waals surface area contributed by atoms with Crippen LogP contribution in [-0.2, 0) is 4.74 Å². The number of aliphatic hydroxyl groups is 1. The molecule has 0 aromatic carbocycles. The Bertz CT molecular complexity index is 1090. The molecule has 2 aliphatic rings. The lowest BCUT2D eigenvalue weighted by Crippen LogP contribution is -2.35. The highest BCUT2D eigenvalue weighted by atomic mass is 32.1. The molecular weight excluding hydrogens is 411 g/mol. The third kappa shape index (κ3) is 3.59. The Morgan fingerprint density at radius 3 is 2.83 bits per heavy atom. The van der Waals surface area contributed by atoms with Gasteiger partial charge in [-0.2, -0.15) is 0 Å². The number of halogens is 1. The van der Waals surface area contributed by atoms with E-state index in [2.05, 4.69) is 19.9 Å². The first kappa shape index (κ1) is 18.8. The Morgan fingerprint density at radius 2 is 2.03 bits per heavy atom. The summed E-state index contributed by atoms with van der Waals surface area (Å²) in [4.78, 5) is 15.3. The number of ether oxygens (including phenoxy) is 1. The van der Waals surface area contributed by atoms with Crippen molar-refractivity contribution in [1.82, 2.24) is 15.0 Å². The molecule has 1 atom stereocenters. The molecule has 29 heavy (non-hydrogen) atoms. The molecule has 0 bridgehead atoms. The van der Waals surface area contributed by atoms with Gasteiger partial charge in [0.25, 0.3) is 0 Å².